The Morgan fingerprint density at radius 2 is 1.66 bits per heavy atom. The predicted octanol–water partition coefficient (Wildman–Crippen LogP) is 2.41. The van der Waals surface area contributed by atoms with Gasteiger partial charge >= 0.3 is 10.1 Å². The minimum absolute atomic E-state index is 0.120. The van der Waals surface area contributed by atoms with Crippen molar-refractivity contribution in [3.05, 3.63) is 59.2 Å². The number of likely N-dealkylation sites (tertiary alicyclic amines) is 1. The monoisotopic (exact) mass is 416 g/mol. The highest BCUT2D eigenvalue weighted by Crippen LogP contribution is 2.24. The molecule has 0 unspecified atom stereocenters. The van der Waals surface area contributed by atoms with Crippen LogP contribution in [0.2, 0.25) is 0 Å². The molecule has 0 bridgehead atoms. The van der Waals surface area contributed by atoms with Crippen molar-refractivity contribution >= 4 is 21.9 Å². The summed E-state index contributed by atoms with van der Waals surface area (Å²) in [4.78, 5) is 25.7. The Balaban J connectivity index is 1.69. The highest BCUT2D eigenvalue weighted by Gasteiger charge is 2.26. The average Bonchev–Trinajstić information content (AvgIpc) is 2.69. The molecule has 2 aromatic rings. The Kier molecular flexibility index (Phi) is 5.93. The highest BCUT2D eigenvalue weighted by molar-refractivity contribution is 7.87. The predicted molar refractivity (Wildman–Crippen MR) is 108 cm³/mol. The van der Waals surface area contributed by atoms with Gasteiger partial charge in [0.05, 0.1) is 0 Å². The summed E-state index contributed by atoms with van der Waals surface area (Å²) in [5.74, 6) is -0.555. The van der Waals surface area contributed by atoms with Crippen LogP contribution in [0.1, 0.15) is 34.3 Å². The number of carbonyl (C=O) groups excluding carboxylic acids is 2. The largest absolute Gasteiger partial charge is 0.379 e. The summed E-state index contributed by atoms with van der Waals surface area (Å²) in [6.45, 7) is 4.45. The lowest BCUT2D eigenvalue weighted by Crippen LogP contribution is -2.41. The fourth-order valence-electron chi connectivity index (χ4n) is 3.35. The van der Waals surface area contributed by atoms with Crippen LogP contribution in [0.15, 0.2) is 47.4 Å². The Labute approximate surface area is 170 Å². The summed E-state index contributed by atoms with van der Waals surface area (Å²) in [7, 11) is -3.97. The lowest BCUT2D eigenvalue weighted by molar-refractivity contribution is -0.123. The molecule has 2 aromatic carbocycles. The van der Waals surface area contributed by atoms with Gasteiger partial charge in [-0.1, -0.05) is 12.1 Å². The van der Waals surface area contributed by atoms with E-state index in [0.717, 1.165) is 5.56 Å². The van der Waals surface area contributed by atoms with Crippen LogP contribution in [0, 0.1) is 19.8 Å². The first-order valence-electron chi connectivity index (χ1n) is 9.38. The van der Waals surface area contributed by atoms with E-state index in [4.69, 9.17) is 9.92 Å². The first-order chi connectivity index (χ1) is 13.7. The van der Waals surface area contributed by atoms with Gasteiger partial charge in [0.1, 0.15) is 10.6 Å². The van der Waals surface area contributed by atoms with Crippen molar-refractivity contribution < 1.29 is 22.2 Å². The number of hydrogen-bond acceptors (Lipinski definition) is 5. The van der Waals surface area contributed by atoms with Crippen LogP contribution in [0.4, 0.5) is 0 Å². The van der Waals surface area contributed by atoms with Gasteiger partial charge in [0.25, 0.3) is 5.91 Å². The van der Waals surface area contributed by atoms with Crippen LogP contribution in [0.5, 0.6) is 5.75 Å². The summed E-state index contributed by atoms with van der Waals surface area (Å²) in [5.41, 5.74) is 7.17. The SMILES string of the molecule is Cc1ccc(C)c(S(=O)(=O)Oc2ccc(C(=O)N3CCC(C(N)=O)CC3)cc2)c1. The number of hydrogen-bond donors (Lipinski definition) is 1. The minimum Gasteiger partial charge on any atom is -0.379 e. The van der Waals surface area contributed by atoms with E-state index < -0.39 is 10.1 Å². The van der Waals surface area contributed by atoms with E-state index >= 15 is 0 Å². The van der Waals surface area contributed by atoms with Crippen LogP contribution in [0.3, 0.4) is 0 Å². The molecule has 0 atom stereocenters. The van der Waals surface area contributed by atoms with Gasteiger partial charge in [-0.3, -0.25) is 9.59 Å². The van der Waals surface area contributed by atoms with E-state index in [-0.39, 0.29) is 28.4 Å². The molecule has 1 heterocycles. The number of benzene rings is 2. The topological polar surface area (TPSA) is 107 Å². The van der Waals surface area contributed by atoms with E-state index in [2.05, 4.69) is 0 Å². The molecule has 3 rings (SSSR count). The molecule has 0 radical (unpaired) electrons. The smallest absolute Gasteiger partial charge is 0.339 e. The molecule has 2 N–H and O–H groups in total. The molecule has 29 heavy (non-hydrogen) atoms. The molecule has 0 saturated carbocycles. The number of nitrogens with zero attached hydrogens (tertiary/aromatic N) is 1. The number of nitrogens with two attached hydrogens (primary N) is 1. The van der Waals surface area contributed by atoms with Crippen molar-refractivity contribution in [3.8, 4) is 5.75 Å². The van der Waals surface area contributed by atoms with Crippen LogP contribution in [-0.4, -0.2) is 38.2 Å². The number of carbonyl (C=O) groups is 2. The molecule has 0 spiro atoms. The fraction of sp³-hybridized carbons (Fsp3) is 0.333. The lowest BCUT2D eigenvalue weighted by Gasteiger charge is -2.30. The molecule has 154 valence electrons. The lowest BCUT2D eigenvalue weighted by atomic mass is 9.96. The molecule has 1 aliphatic rings. The highest BCUT2D eigenvalue weighted by atomic mass is 32.2. The van der Waals surface area contributed by atoms with Gasteiger partial charge in [0.15, 0.2) is 0 Å². The molecular formula is C21H24N2O5S. The van der Waals surface area contributed by atoms with E-state index in [0.29, 0.717) is 37.1 Å². The molecule has 0 aliphatic carbocycles. The number of piperidine rings is 1. The summed E-state index contributed by atoms with van der Waals surface area (Å²) in [6.07, 6.45) is 1.10. The van der Waals surface area contributed by atoms with Gasteiger partial charge in [0.2, 0.25) is 5.91 Å². The summed E-state index contributed by atoms with van der Waals surface area (Å²) in [6, 6.07) is 11.1. The third kappa shape index (κ3) is 4.76. The zero-order chi connectivity index (χ0) is 21.2. The van der Waals surface area contributed by atoms with E-state index in [1.165, 1.54) is 24.3 Å². The Morgan fingerprint density at radius 1 is 1.03 bits per heavy atom. The fourth-order valence-corrected chi connectivity index (χ4v) is 4.60. The van der Waals surface area contributed by atoms with Crippen molar-refractivity contribution in [1.29, 1.82) is 0 Å². The van der Waals surface area contributed by atoms with Crippen molar-refractivity contribution in [1.82, 2.24) is 4.90 Å². The third-order valence-electron chi connectivity index (χ3n) is 5.10. The molecule has 1 aliphatic heterocycles. The second-order valence-corrected chi connectivity index (χ2v) is 8.81. The number of amides is 2. The zero-order valence-electron chi connectivity index (χ0n) is 16.4. The van der Waals surface area contributed by atoms with Gasteiger partial charge in [-0.05, 0) is 68.1 Å². The van der Waals surface area contributed by atoms with Crippen LogP contribution in [0.25, 0.3) is 0 Å². The van der Waals surface area contributed by atoms with Gasteiger partial charge in [-0.15, -0.1) is 0 Å². The first-order valence-corrected chi connectivity index (χ1v) is 10.8. The molecular weight excluding hydrogens is 392 g/mol. The van der Waals surface area contributed by atoms with E-state index in [1.807, 2.05) is 13.0 Å². The maximum atomic E-state index is 12.6. The Bertz CT molecular complexity index is 1020. The van der Waals surface area contributed by atoms with Crippen LogP contribution >= 0.6 is 0 Å². The maximum Gasteiger partial charge on any atom is 0.339 e. The minimum atomic E-state index is -3.97. The maximum absolute atomic E-state index is 12.6. The van der Waals surface area contributed by atoms with Gasteiger partial charge in [0, 0.05) is 24.6 Å². The average molecular weight is 416 g/mol. The Morgan fingerprint density at radius 3 is 2.24 bits per heavy atom. The van der Waals surface area contributed by atoms with Gasteiger partial charge in [-0.25, -0.2) is 0 Å². The van der Waals surface area contributed by atoms with Gasteiger partial charge in [-0.2, -0.15) is 8.42 Å². The first kappa shape index (κ1) is 20.9. The summed E-state index contributed by atoms with van der Waals surface area (Å²) < 4.78 is 30.4. The Hall–Kier alpha value is -2.87. The zero-order valence-corrected chi connectivity index (χ0v) is 17.2. The number of primary amides is 1. The molecule has 7 nitrogen and oxygen atoms in total. The van der Waals surface area contributed by atoms with E-state index in [1.54, 1.807) is 24.0 Å². The molecule has 1 fully saturated rings. The molecule has 8 heteroatoms. The van der Waals surface area contributed by atoms with Gasteiger partial charge < -0.3 is 14.8 Å². The van der Waals surface area contributed by atoms with E-state index in [9.17, 15) is 18.0 Å². The number of rotatable bonds is 5. The van der Waals surface area contributed by atoms with Crippen molar-refractivity contribution in [2.24, 2.45) is 11.7 Å². The molecule has 0 aromatic heterocycles. The second kappa shape index (κ2) is 8.24. The van der Waals surface area contributed by atoms with Crippen molar-refractivity contribution in [2.45, 2.75) is 31.6 Å². The normalized spacial score (nSPS) is 15.2. The van der Waals surface area contributed by atoms with Crippen molar-refractivity contribution in [2.75, 3.05) is 13.1 Å². The van der Waals surface area contributed by atoms with Crippen LogP contribution < -0.4 is 9.92 Å². The van der Waals surface area contributed by atoms with Crippen LogP contribution in [-0.2, 0) is 14.9 Å². The second-order valence-electron chi connectivity index (χ2n) is 7.30. The summed E-state index contributed by atoms with van der Waals surface area (Å²) in [5, 5.41) is 0. The van der Waals surface area contributed by atoms with Crippen molar-refractivity contribution in [3.63, 3.8) is 0 Å². The molecule has 2 amide bonds. The molecule has 1 saturated heterocycles. The quantitative estimate of drug-likeness (QED) is 0.753. The standard InChI is InChI=1S/C21H24N2O5S/c1-14-3-4-15(2)19(13-14)29(26,27)28-18-7-5-17(6-8-18)21(25)23-11-9-16(10-12-23)20(22)24/h3-8,13,16H,9-12H2,1-2H3,(H2,22,24). The number of aryl methyl sites for hydroxylation is 2. The summed E-state index contributed by atoms with van der Waals surface area (Å²) >= 11 is 0. The third-order valence-corrected chi connectivity index (χ3v) is 6.50.